The summed E-state index contributed by atoms with van der Waals surface area (Å²) in [6.45, 7) is -0.282. The lowest BCUT2D eigenvalue weighted by molar-refractivity contribution is -0.385. The number of carbonyl (C=O) groups excluding carboxylic acids is 1. The van der Waals surface area contributed by atoms with Gasteiger partial charge in [0, 0.05) is 12.6 Å². The molecule has 0 fully saturated rings. The molecule has 3 N–H and O–H groups in total. The van der Waals surface area contributed by atoms with Crippen molar-refractivity contribution in [3.63, 3.8) is 0 Å². The van der Waals surface area contributed by atoms with Crippen LogP contribution in [0.2, 0.25) is 0 Å². The van der Waals surface area contributed by atoms with Crippen LogP contribution >= 0.6 is 0 Å². The third-order valence-corrected chi connectivity index (χ3v) is 3.71. The van der Waals surface area contributed by atoms with Gasteiger partial charge in [0.15, 0.2) is 0 Å². The van der Waals surface area contributed by atoms with E-state index in [2.05, 4.69) is 5.32 Å². The molecule has 0 bridgehead atoms. The normalized spacial score (nSPS) is 12.5. The van der Waals surface area contributed by atoms with Crippen molar-refractivity contribution in [3.8, 4) is 6.07 Å². The fourth-order valence-corrected chi connectivity index (χ4v) is 2.27. The van der Waals surface area contributed by atoms with Crippen LogP contribution in [0.15, 0.2) is 48.5 Å². The van der Waals surface area contributed by atoms with Crippen LogP contribution in [0.3, 0.4) is 0 Å². The molecule has 0 aliphatic carbocycles. The molecule has 0 saturated carbocycles. The topological polar surface area (TPSA) is 146 Å². The van der Waals surface area contributed by atoms with E-state index in [0.29, 0.717) is 0 Å². The average molecular weight is 371 g/mol. The van der Waals surface area contributed by atoms with Gasteiger partial charge in [-0.25, -0.2) is 4.79 Å². The van der Waals surface area contributed by atoms with E-state index < -0.39 is 28.9 Å². The van der Waals surface area contributed by atoms with Crippen LogP contribution in [-0.4, -0.2) is 33.9 Å². The molecule has 0 aliphatic heterocycles. The SMILES string of the molecule is N#Cc1ccc(C(O)C(O)CNC(=O)OCc2ccccc2)cc1[N+](=O)[O-]. The molecular weight excluding hydrogens is 354 g/mol. The van der Waals surface area contributed by atoms with E-state index in [4.69, 9.17) is 10.00 Å². The lowest BCUT2D eigenvalue weighted by Crippen LogP contribution is -2.35. The van der Waals surface area contributed by atoms with Gasteiger partial charge in [-0.3, -0.25) is 10.1 Å². The molecule has 1 amide bonds. The van der Waals surface area contributed by atoms with Crippen LogP contribution in [0.4, 0.5) is 10.5 Å². The number of rotatable bonds is 7. The lowest BCUT2D eigenvalue weighted by Gasteiger charge is -2.18. The van der Waals surface area contributed by atoms with Crippen LogP contribution in [-0.2, 0) is 11.3 Å². The molecule has 2 aromatic carbocycles. The molecule has 0 saturated heterocycles. The van der Waals surface area contributed by atoms with Crippen LogP contribution in [0.1, 0.15) is 22.8 Å². The molecule has 2 aromatic rings. The number of nitro benzene ring substituents is 1. The molecule has 2 rings (SSSR count). The first-order valence-corrected chi connectivity index (χ1v) is 7.91. The standard InChI is InChI=1S/C18H17N3O6/c19-9-14-7-6-13(8-15(14)21(25)26)17(23)16(22)10-20-18(24)27-11-12-4-2-1-3-5-12/h1-8,16-17,22-23H,10-11H2,(H,20,24). The molecule has 9 nitrogen and oxygen atoms in total. The van der Waals surface area contributed by atoms with E-state index in [0.717, 1.165) is 11.6 Å². The fraction of sp³-hybridized carbons (Fsp3) is 0.222. The van der Waals surface area contributed by atoms with E-state index in [1.807, 2.05) is 6.07 Å². The largest absolute Gasteiger partial charge is 0.445 e. The molecule has 0 radical (unpaired) electrons. The van der Waals surface area contributed by atoms with E-state index in [1.54, 1.807) is 30.3 Å². The molecule has 0 aliphatic rings. The second-order valence-electron chi connectivity index (χ2n) is 5.60. The van der Waals surface area contributed by atoms with Crippen molar-refractivity contribution in [3.05, 3.63) is 75.3 Å². The van der Waals surface area contributed by atoms with Gasteiger partial charge in [0.25, 0.3) is 5.69 Å². The molecule has 0 aromatic heterocycles. The predicted octanol–water partition coefficient (Wildman–Crippen LogP) is 1.79. The highest BCUT2D eigenvalue weighted by molar-refractivity contribution is 5.67. The summed E-state index contributed by atoms with van der Waals surface area (Å²) in [5, 5.41) is 42.3. The number of aliphatic hydroxyl groups is 2. The molecule has 140 valence electrons. The molecule has 2 unspecified atom stereocenters. The maximum atomic E-state index is 11.7. The minimum absolute atomic E-state index is 0.0487. The van der Waals surface area contributed by atoms with Crippen LogP contribution in [0.25, 0.3) is 0 Å². The number of amides is 1. The summed E-state index contributed by atoms with van der Waals surface area (Å²) in [6.07, 6.45) is -3.71. The summed E-state index contributed by atoms with van der Waals surface area (Å²) in [7, 11) is 0. The Kier molecular flexibility index (Phi) is 6.82. The summed E-state index contributed by atoms with van der Waals surface area (Å²) < 4.78 is 4.98. The Labute approximate surface area is 154 Å². The van der Waals surface area contributed by atoms with Gasteiger partial charge in [0.1, 0.15) is 30.4 Å². The van der Waals surface area contributed by atoms with Gasteiger partial charge < -0.3 is 20.3 Å². The molecule has 0 heterocycles. The van der Waals surface area contributed by atoms with Gasteiger partial charge in [-0.2, -0.15) is 5.26 Å². The van der Waals surface area contributed by atoms with Crippen molar-refractivity contribution in [2.45, 2.75) is 18.8 Å². The Balaban J connectivity index is 1.90. The van der Waals surface area contributed by atoms with Crippen molar-refractivity contribution in [2.75, 3.05) is 6.54 Å². The molecule has 2 atom stereocenters. The van der Waals surface area contributed by atoms with Crippen LogP contribution in [0, 0.1) is 21.4 Å². The Morgan fingerprint density at radius 3 is 2.59 bits per heavy atom. The number of hydrogen-bond acceptors (Lipinski definition) is 7. The van der Waals surface area contributed by atoms with Gasteiger partial charge in [0.2, 0.25) is 0 Å². The Hall–Kier alpha value is -3.48. The number of nitro groups is 1. The van der Waals surface area contributed by atoms with Gasteiger partial charge in [-0.15, -0.1) is 0 Å². The Bertz CT molecular complexity index is 850. The lowest BCUT2D eigenvalue weighted by atomic mass is 10.0. The highest BCUT2D eigenvalue weighted by Crippen LogP contribution is 2.25. The van der Waals surface area contributed by atoms with Crippen molar-refractivity contribution in [1.29, 1.82) is 5.26 Å². The number of nitrogens with one attached hydrogen (secondary N) is 1. The van der Waals surface area contributed by atoms with Crippen LogP contribution in [0.5, 0.6) is 0 Å². The number of nitrogens with zero attached hydrogens (tertiary/aromatic N) is 2. The maximum Gasteiger partial charge on any atom is 0.407 e. The second-order valence-corrected chi connectivity index (χ2v) is 5.60. The van der Waals surface area contributed by atoms with E-state index in [-0.39, 0.29) is 24.3 Å². The van der Waals surface area contributed by atoms with Crippen molar-refractivity contribution >= 4 is 11.8 Å². The van der Waals surface area contributed by atoms with E-state index in [1.165, 1.54) is 12.1 Å². The van der Waals surface area contributed by atoms with Gasteiger partial charge in [-0.05, 0) is 17.2 Å². The minimum atomic E-state index is -1.49. The molecule has 9 heteroatoms. The summed E-state index contributed by atoms with van der Waals surface area (Å²) in [4.78, 5) is 21.9. The zero-order valence-electron chi connectivity index (χ0n) is 14.1. The third kappa shape index (κ3) is 5.50. The number of hydrogen-bond donors (Lipinski definition) is 3. The third-order valence-electron chi connectivity index (χ3n) is 3.71. The number of ether oxygens (including phenoxy) is 1. The van der Waals surface area contributed by atoms with Gasteiger partial charge in [0.05, 0.1) is 4.92 Å². The number of alkyl carbamates (subject to hydrolysis) is 1. The molecule has 27 heavy (non-hydrogen) atoms. The van der Waals surface area contributed by atoms with E-state index in [9.17, 15) is 25.1 Å². The van der Waals surface area contributed by atoms with Gasteiger partial charge in [-0.1, -0.05) is 36.4 Å². The smallest absolute Gasteiger partial charge is 0.407 e. The number of benzene rings is 2. The number of nitriles is 1. The Morgan fingerprint density at radius 1 is 1.26 bits per heavy atom. The monoisotopic (exact) mass is 371 g/mol. The Morgan fingerprint density at radius 2 is 1.96 bits per heavy atom. The predicted molar refractivity (Wildman–Crippen MR) is 93.4 cm³/mol. The molecule has 0 spiro atoms. The molecular formula is C18H17N3O6. The highest BCUT2D eigenvalue weighted by atomic mass is 16.6. The summed E-state index contributed by atoms with van der Waals surface area (Å²) in [5.74, 6) is 0. The van der Waals surface area contributed by atoms with Crippen molar-refractivity contribution < 1.29 is 24.7 Å². The van der Waals surface area contributed by atoms with Crippen LogP contribution < -0.4 is 5.32 Å². The summed E-state index contributed by atoms with van der Waals surface area (Å²) >= 11 is 0. The zero-order chi connectivity index (χ0) is 19.8. The van der Waals surface area contributed by atoms with E-state index >= 15 is 0 Å². The number of carbonyl (C=O) groups is 1. The summed E-state index contributed by atoms with van der Waals surface area (Å²) in [5.41, 5.74) is 0.204. The average Bonchev–Trinajstić information content (AvgIpc) is 2.70. The fourth-order valence-electron chi connectivity index (χ4n) is 2.27. The zero-order valence-corrected chi connectivity index (χ0v) is 14.1. The minimum Gasteiger partial charge on any atom is -0.445 e. The summed E-state index contributed by atoms with van der Waals surface area (Å²) in [6, 6.07) is 14.2. The van der Waals surface area contributed by atoms with Gasteiger partial charge >= 0.3 is 6.09 Å². The van der Waals surface area contributed by atoms with Crippen molar-refractivity contribution in [2.24, 2.45) is 0 Å². The van der Waals surface area contributed by atoms with Crippen molar-refractivity contribution in [1.82, 2.24) is 5.32 Å². The highest BCUT2D eigenvalue weighted by Gasteiger charge is 2.23. The second kappa shape index (κ2) is 9.28. The maximum absolute atomic E-state index is 11.7. The first-order chi connectivity index (χ1) is 12.9. The first kappa shape index (κ1) is 19.8. The first-order valence-electron chi connectivity index (χ1n) is 7.91. The number of aliphatic hydroxyl groups excluding tert-OH is 2. The quantitative estimate of drug-likeness (QED) is 0.497.